The summed E-state index contributed by atoms with van der Waals surface area (Å²) in [4.78, 5) is 87.7. The van der Waals surface area contributed by atoms with Gasteiger partial charge < -0.3 is 45.6 Å². The highest BCUT2D eigenvalue weighted by atomic mass is 19.1. The lowest BCUT2D eigenvalue weighted by atomic mass is 9.81. The highest BCUT2D eigenvalue weighted by molar-refractivity contribution is 5.98. The van der Waals surface area contributed by atoms with E-state index in [2.05, 4.69) is 26.0 Å². The summed E-state index contributed by atoms with van der Waals surface area (Å²) in [5, 5.41) is 24.1. The van der Waals surface area contributed by atoms with Crippen molar-refractivity contribution in [2.24, 2.45) is 22.7 Å². The topological polar surface area (TPSA) is 279 Å². The highest BCUT2D eigenvalue weighted by Gasteiger charge is 2.46. The molecular weight excluding hydrogens is 894 g/mol. The molecule has 366 valence electrons. The van der Waals surface area contributed by atoms with E-state index in [4.69, 9.17) is 30.5 Å². The molecule has 0 spiro atoms. The molecule has 1 aliphatic carbocycles. The number of amides is 3. The Labute approximate surface area is 397 Å². The Hall–Kier alpha value is -6.73. The van der Waals surface area contributed by atoms with Crippen LogP contribution in [0.3, 0.4) is 0 Å². The fraction of sp³-hybridized carbons (Fsp3) is 0.490. The molecule has 4 atom stereocenters. The minimum atomic E-state index is -2.03. The quantitative estimate of drug-likeness (QED) is 0.0188. The van der Waals surface area contributed by atoms with Gasteiger partial charge in [0.05, 0.1) is 54.3 Å². The lowest BCUT2D eigenvalue weighted by Gasteiger charge is -2.31. The highest BCUT2D eigenvalue weighted by Crippen LogP contribution is 2.46. The van der Waals surface area contributed by atoms with Gasteiger partial charge in [-0.25, -0.2) is 19.0 Å². The summed E-state index contributed by atoms with van der Waals surface area (Å²) < 4.78 is 33.1. The fourth-order valence-electron chi connectivity index (χ4n) is 9.47. The van der Waals surface area contributed by atoms with Crippen LogP contribution in [-0.2, 0) is 65.2 Å². The molecule has 0 unspecified atom stereocenters. The van der Waals surface area contributed by atoms with Crippen LogP contribution in [0.1, 0.15) is 111 Å². The molecule has 2 aromatic heterocycles. The number of anilines is 1. The summed E-state index contributed by atoms with van der Waals surface area (Å²) in [5.41, 5.74) is 16.7. The SMILES string of the molecule is CC[C@@]1(O)C(=O)OCc2c1cc1n(c2=O)Cc2c-1nc1cc(F)c(C)c3c1c2[C@@H](NC(=O)OCc1ccc(NC(=O)[C@H](CCCCN)CC(=O)[C@@H](NC(=O)CCOCCN=[N+]=[N-])C(C)C)cc1)CC3. The monoisotopic (exact) mass is 951 g/mol. The van der Waals surface area contributed by atoms with Crippen LogP contribution >= 0.6 is 0 Å². The van der Waals surface area contributed by atoms with Gasteiger partial charge in [0.1, 0.15) is 19.0 Å². The number of nitrogens with one attached hydrogen (secondary N) is 3. The number of aliphatic hydroxyl groups is 1. The van der Waals surface area contributed by atoms with E-state index >= 15 is 4.39 Å². The second-order valence-electron chi connectivity index (χ2n) is 18.1. The zero-order valence-corrected chi connectivity index (χ0v) is 39.2. The Bertz CT molecular complexity index is 2770. The van der Waals surface area contributed by atoms with Crippen molar-refractivity contribution >= 4 is 46.3 Å². The molecule has 7 rings (SSSR count). The van der Waals surface area contributed by atoms with Gasteiger partial charge in [0, 0.05) is 58.5 Å². The largest absolute Gasteiger partial charge is 0.458 e. The molecule has 6 N–H and O–H groups in total. The van der Waals surface area contributed by atoms with Crippen LogP contribution in [0.15, 0.2) is 46.3 Å². The second-order valence-corrected chi connectivity index (χ2v) is 18.1. The number of cyclic esters (lactones) is 1. The average molecular weight is 952 g/mol. The van der Waals surface area contributed by atoms with Crippen molar-refractivity contribution in [1.29, 1.82) is 0 Å². The number of Topliss-reactive ketones (excluding diaryl/α,β-unsaturated/α-hetero) is 1. The summed E-state index contributed by atoms with van der Waals surface area (Å²) in [6, 6.07) is 8.23. The van der Waals surface area contributed by atoms with E-state index in [-0.39, 0.29) is 93.4 Å². The summed E-state index contributed by atoms with van der Waals surface area (Å²) in [6.45, 7) is 7.43. The van der Waals surface area contributed by atoms with Crippen molar-refractivity contribution in [2.45, 2.75) is 117 Å². The molecular formula is C49H58FN9O10. The molecule has 3 amide bonds. The standard InChI is InChI=1S/C49H58FN9O10/c1-5-49(66)34-21-38-44-32(23-59(38)46(63)33(34)25-68-47(49)64)42-36(14-13-31-27(4)35(50)22-37(55-44)41(31)42)56-48(65)69-24-28-9-11-30(12-10-28)54-45(62)29(8-6-7-16-51)20-39(60)43(26(2)3)57-40(61)15-18-67-19-17-53-58-52/h9-12,21-22,26,29,36,43,66H,5-8,13-20,23-25,51H2,1-4H3,(H,54,62)(H,56,65)(H,57,61)/t29-,36+,43+,49+/m1/s1. The van der Waals surface area contributed by atoms with Crippen molar-refractivity contribution in [2.75, 3.05) is 31.6 Å². The Morgan fingerprint density at radius 2 is 1.88 bits per heavy atom. The summed E-state index contributed by atoms with van der Waals surface area (Å²) in [5.74, 6) is -3.25. The molecule has 0 bridgehead atoms. The van der Waals surface area contributed by atoms with Gasteiger partial charge in [-0.15, -0.1) is 0 Å². The molecule has 3 aliphatic rings. The normalized spacial score (nSPS) is 17.4. The van der Waals surface area contributed by atoms with Gasteiger partial charge in [0.2, 0.25) is 11.8 Å². The number of hydrogen-bond acceptors (Lipinski definition) is 13. The van der Waals surface area contributed by atoms with Crippen molar-refractivity contribution in [3.63, 3.8) is 0 Å². The predicted molar refractivity (Wildman–Crippen MR) is 251 cm³/mol. The van der Waals surface area contributed by atoms with Gasteiger partial charge in [0.25, 0.3) is 5.56 Å². The van der Waals surface area contributed by atoms with Crippen LogP contribution in [0.5, 0.6) is 0 Å². The number of hydrogen-bond donors (Lipinski definition) is 5. The maximum Gasteiger partial charge on any atom is 0.407 e. The molecule has 69 heavy (non-hydrogen) atoms. The maximum atomic E-state index is 15.4. The molecule has 0 saturated heterocycles. The second kappa shape index (κ2) is 21.7. The number of nitrogens with zero attached hydrogens (tertiary/aromatic N) is 5. The van der Waals surface area contributed by atoms with Crippen LogP contribution in [0, 0.1) is 24.6 Å². The van der Waals surface area contributed by atoms with Gasteiger partial charge in [-0.3, -0.25) is 19.2 Å². The molecule has 4 heterocycles. The van der Waals surface area contributed by atoms with Gasteiger partial charge in [-0.2, -0.15) is 0 Å². The van der Waals surface area contributed by atoms with E-state index in [0.29, 0.717) is 88.9 Å². The number of rotatable bonds is 21. The third-order valence-electron chi connectivity index (χ3n) is 13.3. The Kier molecular flexibility index (Phi) is 15.8. The lowest BCUT2D eigenvalue weighted by Crippen LogP contribution is -2.45. The number of halogens is 1. The van der Waals surface area contributed by atoms with Gasteiger partial charge in [0.15, 0.2) is 11.4 Å². The third kappa shape index (κ3) is 10.6. The van der Waals surface area contributed by atoms with E-state index in [9.17, 15) is 33.9 Å². The number of ether oxygens (including phenoxy) is 3. The Morgan fingerprint density at radius 3 is 2.59 bits per heavy atom. The molecule has 20 heteroatoms. The van der Waals surface area contributed by atoms with Gasteiger partial charge >= 0.3 is 12.1 Å². The zero-order chi connectivity index (χ0) is 49.6. The molecule has 19 nitrogen and oxygen atoms in total. The van der Waals surface area contributed by atoms with Crippen molar-refractivity contribution in [3.05, 3.63) is 102 Å². The molecule has 0 fully saturated rings. The number of carbonyl (C=O) groups is 5. The van der Waals surface area contributed by atoms with Crippen molar-refractivity contribution < 1.29 is 47.7 Å². The first kappa shape index (κ1) is 50.2. The Balaban J connectivity index is 1.01. The molecule has 2 aliphatic heterocycles. The minimum absolute atomic E-state index is 0.00506. The van der Waals surface area contributed by atoms with Crippen LogP contribution in [0.25, 0.3) is 32.7 Å². The number of nitrogens with two attached hydrogens (primary N) is 1. The minimum Gasteiger partial charge on any atom is -0.458 e. The number of pyridine rings is 2. The third-order valence-corrected chi connectivity index (χ3v) is 13.3. The summed E-state index contributed by atoms with van der Waals surface area (Å²) in [6.07, 6.45) is 1.67. The number of aryl methyl sites for hydroxylation is 1. The molecule has 0 saturated carbocycles. The summed E-state index contributed by atoms with van der Waals surface area (Å²) >= 11 is 0. The first-order valence-corrected chi connectivity index (χ1v) is 23.3. The summed E-state index contributed by atoms with van der Waals surface area (Å²) in [7, 11) is 0. The number of esters is 1. The van der Waals surface area contributed by atoms with Crippen LogP contribution in [-0.4, -0.2) is 76.7 Å². The lowest BCUT2D eigenvalue weighted by molar-refractivity contribution is -0.172. The smallest absolute Gasteiger partial charge is 0.407 e. The van der Waals surface area contributed by atoms with E-state index in [1.165, 1.54) is 10.6 Å². The number of ketones is 1. The van der Waals surface area contributed by atoms with E-state index < -0.39 is 47.0 Å². The predicted octanol–water partition coefficient (Wildman–Crippen LogP) is 5.94. The Morgan fingerprint density at radius 1 is 1.12 bits per heavy atom. The zero-order valence-electron chi connectivity index (χ0n) is 39.2. The first-order chi connectivity index (χ1) is 33.1. The first-order valence-electron chi connectivity index (χ1n) is 23.3. The fourth-order valence-corrected chi connectivity index (χ4v) is 9.47. The molecule has 2 aromatic carbocycles. The molecule has 4 aromatic rings. The number of benzene rings is 2. The number of aromatic nitrogens is 2. The number of fused-ring (bicyclic) bond motifs is 5. The van der Waals surface area contributed by atoms with Crippen LogP contribution < -0.4 is 27.2 Å². The van der Waals surface area contributed by atoms with Crippen molar-refractivity contribution in [3.8, 4) is 11.4 Å². The van der Waals surface area contributed by atoms with Crippen molar-refractivity contribution in [1.82, 2.24) is 20.2 Å². The number of carbonyl (C=O) groups excluding carboxylic acids is 5. The van der Waals surface area contributed by atoms with E-state index in [1.54, 1.807) is 44.2 Å². The van der Waals surface area contributed by atoms with E-state index in [1.807, 2.05) is 13.8 Å². The van der Waals surface area contributed by atoms with Crippen LogP contribution in [0.2, 0.25) is 0 Å². The van der Waals surface area contributed by atoms with Crippen LogP contribution in [0.4, 0.5) is 14.9 Å². The van der Waals surface area contributed by atoms with E-state index in [0.717, 1.165) is 5.56 Å². The number of azide groups is 1. The number of alkyl carbamates (subject to hydrolysis) is 1. The van der Waals surface area contributed by atoms with Gasteiger partial charge in [-0.1, -0.05) is 44.4 Å². The number of unbranched alkanes of at least 4 members (excludes halogenated alkanes) is 1. The maximum absolute atomic E-state index is 15.4. The molecule has 0 radical (unpaired) electrons. The van der Waals surface area contributed by atoms with Gasteiger partial charge in [-0.05, 0) is 97.5 Å². The average Bonchev–Trinajstić information content (AvgIpc) is 3.70.